The van der Waals surface area contributed by atoms with Gasteiger partial charge >= 0.3 is 0 Å². The first kappa shape index (κ1) is 12.5. The summed E-state index contributed by atoms with van der Waals surface area (Å²) in [6, 6.07) is 0. The second-order valence-electron chi connectivity index (χ2n) is 4.12. The SMILES string of the molecule is CCc1nc(C(C)C)sc1-c1csc(NC)n1. The molecule has 0 bridgehead atoms. The molecule has 0 amide bonds. The zero-order chi connectivity index (χ0) is 12.4. The van der Waals surface area contributed by atoms with Crippen molar-refractivity contribution in [2.75, 3.05) is 12.4 Å². The Morgan fingerprint density at radius 1 is 1.35 bits per heavy atom. The van der Waals surface area contributed by atoms with Crippen molar-refractivity contribution in [3.63, 3.8) is 0 Å². The lowest BCUT2D eigenvalue weighted by Gasteiger charge is -1.95. The zero-order valence-corrected chi connectivity index (χ0v) is 12.2. The number of hydrogen-bond donors (Lipinski definition) is 1. The van der Waals surface area contributed by atoms with Crippen molar-refractivity contribution in [1.82, 2.24) is 9.97 Å². The molecule has 0 aliphatic rings. The summed E-state index contributed by atoms with van der Waals surface area (Å²) >= 11 is 3.41. The summed E-state index contributed by atoms with van der Waals surface area (Å²) in [5.41, 5.74) is 2.23. The Bertz CT molecular complexity index is 500. The van der Waals surface area contributed by atoms with Crippen LogP contribution in [0.3, 0.4) is 0 Å². The van der Waals surface area contributed by atoms with Gasteiger partial charge in [0.15, 0.2) is 5.13 Å². The number of nitrogens with zero attached hydrogens (tertiary/aromatic N) is 2. The Hall–Kier alpha value is -0.940. The van der Waals surface area contributed by atoms with Crippen LogP contribution in [-0.2, 0) is 6.42 Å². The van der Waals surface area contributed by atoms with Crippen molar-refractivity contribution in [2.45, 2.75) is 33.1 Å². The maximum absolute atomic E-state index is 4.70. The van der Waals surface area contributed by atoms with E-state index in [0.29, 0.717) is 5.92 Å². The normalized spacial score (nSPS) is 11.1. The van der Waals surface area contributed by atoms with Gasteiger partial charge in [0.1, 0.15) is 0 Å². The van der Waals surface area contributed by atoms with E-state index in [1.165, 1.54) is 15.6 Å². The zero-order valence-electron chi connectivity index (χ0n) is 10.6. The molecule has 5 heteroatoms. The van der Waals surface area contributed by atoms with Crippen LogP contribution in [-0.4, -0.2) is 17.0 Å². The van der Waals surface area contributed by atoms with Gasteiger partial charge in [0.05, 0.1) is 21.3 Å². The highest BCUT2D eigenvalue weighted by Gasteiger charge is 2.15. The number of rotatable bonds is 4. The molecule has 0 fully saturated rings. The maximum atomic E-state index is 4.70. The van der Waals surface area contributed by atoms with E-state index in [4.69, 9.17) is 4.98 Å². The van der Waals surface area contributed by atoms with Crippen LogP contribution in [0, 0.1) is 0 Å². The number of aromatic nitrogens is 2. The lowest BCUT2D eigenvalue weighted by molar-refractivity contribution is 0.840. The van der Waals surface area contributed by atoms with Gasteiger partial charge in [0.25, 0.3) is 0 Å². The van der Waals surface area contributed by atoms with Gasteiger partial charge in [-0.25, -0.2) is 9.97 Å². The van der Waals surface area contributed by atoms with Crippen molar-refractivity contribution >= 4 is 27.8 Å². The Balaban J connectivity index is 2.42. The first-order valence-electron chi connectivity index (χ1n) is 5.79. The van der Waals surface area contributed by atoms with Gasteiger partial charge in [-0.05, 0) is 6.42 Å². The van der Waals surface area contributed by atoms with Crippen LogP contribution >= 0.6 is 22.7 Å². The average Bonchev–Trinajstić information content (AvgIpc) is 2.94. The Morgan fingerprint density at radius 3 is 2.65 bits per heavy atom. The number of thiazole rings is 2. The molecule has 2 aromatic rings. The van der Waals surface area contributed by atoms with Crippen molar-refractivity contribution in [2.24, 2.45) is 0 Å². The van der Waals surface area contributed by atoms with Crippen molar-refractivity contribution < 1.29 is 0 Å². The predicted octanol–water partition coefficient (Wildman–Crippen LogP) is 3.99. The molecule has 0 spiro atoms. The molecule has 2 heterocycles. The third-order valence-corrected chi connectivity index (χ3v) is 4.77. The number of aryl methyl sites for hydroxylation is 1. The monoisotopic (exact) mass is 267 g/mol. The number of nitrogens with one attached hydrogen (secondary N) is 1. The second-order valence-corrected chi connectivity index (χ2v) is 6.01. The molecule has 0 aliphatic heterocycles. The van der Waals surface area contributed by atoms with Crippen LogP contribution in [0.15, 0.2) is 5.38 Å². The molecule has 0 aromatic carbocycles. The van der Waals surface area contributed by atoms with Gasteiger partial charge in [-0.3, -0.25) is 0 Å². The molecular formula is C12H17N3S2. The molecule has 17 heavy (non-hydrogen) atoms. The van der Waals surface area contributed by atoms with Crippen LogP contribution in [0.25, 0.3) is 10.6 Å². The highest BCUT2D eigenvalue weighted by atomic mass is 32.1. The van der Waals surface area contributed by atoms with E-state index in [0.717, 1.165) is 17.2 Å². The summed E-state index contributed by atoms with van der Waals surface area (Å²) in [5.74, 6) is 0.487. The predicted molar refractivity (Wildman–Crippen MR) is 76.2 cm³/mol. The largest absolute Gasteiger partial charge is 0.365 e. The van der Waals surface area contributed by atoms with Gasteiger partial charge in [0, 0.05) is 18.3 Å². The summed E-state index contributed by atoms with van der Waals surface area (Å²) in [7, 11) is 1.90. The van der Waals surface area contributed by atoms with Gasteiger partial charge in [-0.1, -0.05) is 20.8 Å². The standard InChI is InChI=1S/C12H17N3S2/c1-5-8-10(17-11(14-8)7(2)3)9-6-16-12(13-4)15-9/h6-7H,5H2,1-4H3,(H,13,15). The summed E-state index contributed by atoms with van der Waals surface area (Å²) in [6.45, 7) is 6.51. The van der Waals surface area contributed by atoms with Gasteiger partial charge in [-0.15, -0.1) is 22.7 Å². The smallest absolute Gasteiger partial charge is 0.182 e. The molecule has 92 valence electrons. The lowest BCUT2D eigenvalue weighted by atomic mass is 10.2. The van der Waals surface area contributed by atoms with Gasteiger partial charge in [-0.2, -0.15) is 0 Å². The third-order valence-electron chi connectivity index (χ3n) is 2.49. The van der Waals surface area contributed by atoms with E-state index in [2.05, 4.69) is 36.5 Å². The molecule has 0 radical (unpaired) electrons. The minimum absolute atomic E-state index is 0.487. The Labute approximate surface area is 110 Å². The maximum Gasteiger partial charge on any atom is 0.182 e. The first-order valence-corrected chi connectivity index (χ1v) is 7.48. The minimum Gasteiger partial charge on any atom is -0.365 e. The van der Waals surface area contributed by atoms with Crippen LogP contribution in [0.1, 0.15) is 37.4 Å². The summed E-state index contributed by atoms with van der Waals surface area (Å²) in [5, 5.41) is 7.34. The molecule has 2 aromatic heterocycles. The van der Waals surface area contributed by atoms with E-state index < -0.39 is 0 Å². The lowest BCUT2D eigenvalue weighted by Crippen LogP contribution is -1.88. The minimum atomic E-state index is 0.487. The Kier molecular flexibility index (Phi) is 3.79. The van der Waals surface area contributed by atoms with E-state index in [9.17, 15) is 0 Å². The quantitative estimate of drug-likeness (QED) is 0.910. The first-order chi connectivity index (χ1) is 8.15. The van der Waals surface area contributed by atoms with E-state index in [1.54, 1.807) is 22.7 Å². The fourth-order valence-electron chi connectivity index (χ4n) is 1.55. The molecule has 1 N–H and O–H groups in total. The van der Waals surface area contributed by atoms with Crippen molar-refractivity contribution in [3.8, 4) is 10.6 Å². The third kappa shape index (κ3) is 2.50. The number of hydrogen-bond acceptors (Lipinski definition) is 5. The molecule has 3 nitrogen and oxygen atoms in total. The second kappa shape index (κ2) is 5.14. The van der Waals surface area contributed by atoms with Gasteiger partial charge < -0.3 is 5.32 Å². The number of anilines is 1. The fourth-order valence-corrected chi connectivity index (χ4v) is 3.40. The van der Waals surface area contributed by atoms with Crippen LogP contribution in [0.2, 0.25) is 0 Å². The van der Waals surface area contributed by atoms with Crippen molar-refractivity contribution in [1.29, 1.82) is 0 Å². The summed E-state index contributed by atoms with van der Waals surface area (Å²) < 4.78 is 0. The van der Waals surface area contributed by atoms with Gasteiger partial charge in [0.2, 0.25) is 0 Å². The van der Waals surface area contributed by atoms with E-state index in [-0.39, 0.29) is 0 Å². The van der Waals surface area contributed by atoms with E-state index in [1.807, 2.05) is 7.05 Å². The highest BCUT2D eigenvalue weighted by molar-refractivity contribution is 7.16. The Morgan fingerprint density at radius 2 is 2.12 bits per heavy atom. The molecule has 0 unspecified atom stereocenters. The molecular weight excluding hydrogens is 250 g/mol. The fraction of sp³-hybridized carbons (Fsp3) is 0.500. The summed E-state index contributed by atoms with van der Waals surface area (Å²) in [6.07, 6.45) is 0.963. The average molecular weight is 267 g/mol. The van der Waals surface area contributed by atoms with Crippen molar-refractivity contribution in [3.05, 3.63) is 16.1 Å². The molecule has 0 atom stereocenters. The molecule has 2 rings (SSSR count). The molecule has 0 saturated carbocycles. The highest BCUT2D eigenvalue weighted by Crippen LogP contribution is 2.35. The van der Waals surface area contributed by atoms with E-state index >= 15 is 0 Å². The van der Waals surface area contributed by atoms with Crippen LogP contribution < -0.4 is 5.32 Å². The molecule has 0 saturated heterocycles. The topological polar surface area (TPSA) is 37.8 Å². The van der Waals surface area contributed by atoms with Crippen LogP contribution in [0.5, 0.6) is 0 Å². The molecule has 0 aliphatic carbocycles. The van der Waals surface area contributed by atoms with Crippen LogP contribution in [0.4, 0.5) is 5.13 Å². The summed E-state index contributed by atoms with van der Waals surface area (Å²) in [4.78, 5) is 10.5.